The van der Waals surface area contributed by atoms with Crippen LogP contribution in [-0.4, -0.2) is 22.1 Å². The second-order valence-electron chi connectivity index (χ2n) is 2.97. The van der Waals surface area contributed by atoms with E-state index in [2.05, 4.69) is 0 Å². The largest absolute Gasteiger partial charge is 0.479 e. The highest BCUT2D eigenvalue weighted by Gasteiger charge is 2.20. The van der Waals surface area contributed by atoms with Gasteiger partial charge in [0.15, 0.2) is 11.9 Å². The summed E-state index contributed by atoms with van der Waals surface area (Å²) in [7, 11) is 0. The zero-order chi connectivity index (χ0) is 12.3. The average Bonchev–Trinajstić information content (AvgIpc) is 2.20. The summed E-state index contributed by atoms with van der Waals surface area (Å²) in [6, 6.07) is 3.75. The van der Waals surface area contributed by atoms with Gasteiger partial charge in [-0.1, -0.05) is 11.6 Å². The number of carboxylic acid groups (broad SMARTS) is 1. The van der Waals surface area contributed by atoms with Crippen LogP contribution in [0, 0.1) is 10.1 Å². The van der Waals surface area contributed by atoms with Crippen LogP contribution in [0.1, 0.15) is 6.92 Å². The fourth-order valence-corrected chi connectivity index (χ4v) is 1.14. The molecule has 0 aliphatic heterocycles. The normalized spacial score (nSPS) is 11.9. The zero-order valence-corrected chi connectivity index (χ0v) is 8.97. The number of aliphatic carboxylic acids is 1. The highest BCUT2D eigenvalue weighted by molar-refractivity contribution is 6.30. The maximum Gasteiger partial charge on any atom is 0.344 e. The Morgan fingerprint density at radius 1 is 1.62 bits per heavy atom. The number of hydrogen-bond acceptors (Lipinski definition) is 4. The lowest BCUT2D eigenvalue weighted by Crippen LogP contribution is -2.23. The van der Waals surface area contributed by atoms with E-state index in [1.54, 1.807) is 0 Å². The minimum Gasteiger partial charge on any atom is -0.479 e. The second-order valence-corrected chi connectivity index (χ2v) is 3.40. The third-order valence-electron chi connectivity index (χ3n) is 1.77. The number of nitrogens with zero attached hydrogens (tertiary/aromatic N) is 1. The highest BCUT2D eigenvalue weighted by atomic mass is 35.5. The van der Waals surface area contributed by atoms with Crippen molar-refractivity contribution in [1.29, 1.82) is 0 Å². The number of rotatable bonds is 4. The van der Waals surface area contributed by atoms with Crippen molar-refractivity contribution in [1.82, 2.24) is 0 Å². The van der Waals surface area contributed by atoms with E-state index >= 15 is 0 Å². The number of hydrogen-bond donors (Lipinski definition) is 1. The SMILES string of the molecule is C[C@H](Oc1ccc(Cl)cc1[N+](=O)[O-])C(=O)O. The molecule has 0 fully saturated rings. The Morgan fingerprint density at radius 2 is 2.25 bits per heavy atom. The van der Waals surface area contributed by atoms with Crippen LogP contribution in [0.3, 0.4) is 0 Å². The van der Waals surface area contributed by atoms with E-state index in [0.29, 0.717) is 0 Å². The van der Waals surface area contributed by atoms with Crippen LogP contribution < -0.4 is 4.74 Å². The summed E-state index contributed by atoms with van der Waals surface area (Å²) in [5.41, 5.74) is -0.361. The van der Waals surface area contributed by atoms with Gasteiger partial charge in [-0.25, -0.2) is 4.79 Å². The molecule has 6 nitrogen and oxygen atoms in total. The summed E-state index contributed by atoms with van der Waals surface area (Å²) in [6.07, 6.45) is -1.17. The van der Waals surface area contributed by atoms with Crippen LogP contribution in [0.2, 0.25) is 5.02 Å². The number of benzene rings is 1. The first kappa shape index (κ1) is 12.3. The molecule has 0 radical (unpaired) electrons. The topological polar surface area (TPSA) is 89.7 Å². The molecule has 0 bridgehead atoms. The van der Waals surface area contributed by atoms with Crippen molar-refractivity contribution >= 4 is 23.3 Å². The molecule has 1 N–H and O–H groups in total. The molecule has 0 aliphatic rings. The quantitative estimate of drug-likeness (QED) is 0.648. The van der Waals surface area contributed by atoms with Gasteiger partial charge in [0.1, 0.15) is 0 Å². The van der Waals surface area contributed by atoms with Gasteiger partial charge in [-0.3, -0.25) is 10.1 Å². The van der Waals surface area contributed by atoms with E-state index in [1.807, 2.05) is 0 Å². The van der Waals surface area contributed by atoms with Crippen molar-refractivity contribution in [2.75, 3.05) is 0 Å². The third-order valence-corrected chi connectivity index (χ3v) is 2.00. The number of carbonyl (C=O) groups is 1. The summed E-state index contributed by atoms with van der Waals surface area (Å²) in [6.45, 7) is 1.28. The van der Waals surface area contributed by atoms with Gasteiger partial charge in [0.25, 0.3) is 0 Å². The zero-order valence-electron chi connectivity index (χ0n) is 8.21. The van der Waals surface area contributed by atoms with Gasteiger partial charge >= 0.3 is 11.7 Å². The molecule has 0 saturated carbocycles. The van der Waals surface area contributed by atoms with Crippen molar-refractivity contribution in [3.05, 3.63) is 33.3 Å². The Bertz CT molecular complexity index is 434. The molecule has 1 aromatic carbocycles. The molecule has 0 aromatic heterocycles. The standard InChI is InChI=1S/C9H8ClNO5/c1-5(9(12)13)16-8-3-2-6(10)4-7(8)11(14)15/h2-5H,1H3,(H,12,13)/t5-/m0/s1. The summed E-state index contributed by atoms with van der Waals surface area (Å²) < 4.78 is 4.92. The maximum absolute atomic E-state index is 10.6. The maximum atomic E-state index is 10.6. The van der Waals surface area contributed by atoms with Crippen LogP contribution in [-0.2, 0) is 4.79 Å². The number of nitro benzene ring substituents is 1. The van der Waals surface area contributed by atoms with E-state index in [0.717, 1.165) is 6.07 Å². The lowest BCUT2D eigenvalue weighted by molar-refractivity contribution is -0.386. The minimum atomic E-state index is -1.20. The number of halogens is 1. The Kier molecular flexibility index (Phi) is 3.68. The molecule has 1 atom stereocenters. The molecule has 0 amide bonds. The smallest absolute Gasteiger partial charge is 0.344 e. The van der Waals surface area contributed by atoms with Crippen molar-refractivity contribution in [2.24, 2.45) is 0 Å². The minimum absolute atomic E-state index is 0.121. The fourth-order valence-electron chi connectivity index (χ4n) is 0.974. The first-order chi connectivity index (χ1) is 7.41. The van der Waals surface area contributed by atoms with E-state index in [-0.39, 0.29) is 16.5 Å². The molecular weight excluding hydrogens is 238 g/mol. The number of carboxylic acids is 1. The van der Waals surface area contributed by atoms with Crippen molar-refractivity contribution in [2.45, 2.75) is 13.0 Å². The van der Waals surface area contributed by atoms with Gasteiger partial charge < -0.3 is 9.84 Å². The number of nitro groups is 1. The van der Waals surface area contributed by atoms with Gasteiger partial charge in [-0.2, -0.15) is 0 Å². The summed E-state index contributed by atoms with van der Waals surface area (Å²) >= 11 is 5.58. The van der Waals surface area contributed by atoms with Crippen LogP contribution in [0.4, 0.5) is 5.69 Å². The predicted molar refractivity (Wildman–Crippen MR) is 55.8 cm³/mol. The highest BCUT2D eigenvalue weighted by Crippen LogP contribution is 2.30. The molecule has 0 aliphatic carbocycles. The summed E-state index contributed by atoms with van der Waals surface area (Å²) in [5.74, 6) is -1.33. The molecule has 0 heterocycles. The lowest BCUT2D eigenvalue weighted by Gasteiger charge is -2.10. The molecule has 1 aromatic rings. The Labute approximate surface area is 95.6 Å². The molecule has 7 heteroatoms. The number of ether oxygens (including phenoxy) is 1. The first-order valence-corrected chi connectivity index (χ1v) is 4.63. The molecule has 0 unspecified atom stereocenters. The van der Waals surface area contributed by atoms with Crippen molar-refractivity contribution in [3.8, 4) is 5.75 Å². The predicted octanol–water partition coefficient (Wildman–Crippen LogP) is 2.10. The molecule has 1 rings (SSSR count). The molecule has 16 heavy (non-hydrogen) atoms. The van der Waals surface area contributed by atoms with Gasteiger partial charge in [-0.15, -0.1) is 0 Å². The van der Waals surface area contributed by atoms with Crippen LogP contribution in [0.5, 0.6) is 5.75 Å². The Balaban J connectivity index is 3.04. The third kappa shape index (κ3) is 2.83. The monoisotopic (exact) mass is 245 g/mol. The first-order valence-electron chi connectivity index (χ1n) is 4.25. The van der Waals surface area contributed by atoms with E-state index < -0.39 is 17.0 Å². The van der Waals surface area contributed by atoms with Gasteiger partial charge in [0.05, 0.1) is 4.92 Å². The van der Waals surface area contributed by atoms with Crippen LogP contribution in [0.15, 0.2) is 18.2 Å². The summed E-state index contributed by atoms with van der Waals surface area (Å²) in [5, 5.41) is 19.4. The Hall–Kier alpha value is -1.82. The van der Waals surface area contributed by atoms with E-state index in [4.69, 9.17) is 21.4 Å². The fraction of sp³-hybridized carbons (Fsp3) is 0.222. The lowest BCUT2D eigenvalue weighted by atomic mass is 10.3. The van der Waals surface area contributed by atoms with E-state index in [9.17, 15) is 14.9 Å². The molecular formula is C9H8ClNO5. The Morgan fingerprint density at radius 3 is 2.75 bits per heavy atom. The molecule has 0 saturated heterocycles. The van der Waals surface area contributed by atoms with Crippen LogP contribution >= 0.6 is 11.6 Å². The van der Waals surface area contributed by atoms with Gasteiger partial charge in [-0.05, 0) is 19.1 Å². The van der Waals surface area contributed by atoms with E-state index in [1.165, 1.54) is 19.1 Å². The van der Waals surface area contributed by atoms with Crippen LogP contribution in [0.25, 0.3) is 0 Å². The molecule has 0 spiro atoms. The molecule has 86 valence electrons. The van der Waals surface area contributed by atoms with Gasteiger partial charge in [0, 0.05) is 11.1 Å². The summed E-state index contributed by atoms with van der Waals surface area (Å²) in [4.78, 5) is 20.5. The van der Waals surface area contributed by atoms with Crippen molar-refractivity contribution in [3.63, 3.8) is 0 Å². The second kappa shape index (κ2) is 4.80. The van der Waals surface area contributed by atoms with Gasteiger partial charge in [0.2, 0.25) is 0 Å². The van der Waals surface area contributed by atoms with Crippen molar-refractivity contribution < 1.29 is 19.6 Å². The average molecular weight is 246 g/mol.